The Morgan fingerprint density at radius 2 is 1.97 bits per heavy atom. The van der Waals surface area contributed by atoms with Crippen molar-refractivity contribution in [2.24, 2.45) is 0 Å². The van der Waals surface area contributed by atoms with Crippen LogP contribution < -0.4 is 15.2 Å². The summed E-state index contributed by atoms with van der Waals surface area (Å²) >= 11 is 7.37. The van der Waals surface area contributed by atoms with Crippen molar-refractivity contribution in [3.05, 3.63) is 92.3 Å². The topological polar surface area (TPSA) is 96.6 Å². The lowest BCUT2D eigenvalue weighted by Gasteiger charge is -2.31. The van der Waals surface area contributed by atoms with Crippen molar-refractivity contribution < 1.29 is 14.0 Å². The first-order valence-electron chi connectivity index (χ1n) is 10.9. The molecule has 1 atom stereocenters. The maximum Gasteiger partial charge on any atom is 0.297 e. The van der Waals surface area contributed by atoms with Gasteiger partial charge in [0.25, 0.3) is 11.8 Å². The van der Waals surface area contributed by atoms with Crippen molar-refractivity contribution in [3.63, 3.8) is 0 Å². The maximum absolute atomic E-state index is 14.3. The van der Waals surface area contributed by atoms with Gasteiger partial charge in [-0.3, -0.25) is 19.3 Å². The quantitative estimate of drug-likeness (QED) is 0.384. The number of nitrogens with zero attached hydrogens (tertiary/aromatic N) is 4. The molecule has 2 aliphatic rings. The van der Waals surface area contributed by atoms with Gasteiger partial charge in [0.2, 0.25) is 10.9 Å². The molecular formula is C25H17ClN4O4S. The smallest absolute Gasteiger partial charge is 0.297 e. The second-order valence-electron chi connectivity index (χ2n) is 8.18. The van der Waals surface area contributed by atoms with E-state index in [2.05, 4.69) is 16.8 Å². The zero-order valence-electron chi connectivity index (χ0n) is 18.4. The third-order valence-corrected chi connectivity index (χ3v) is 7.64. The highest BCUT2D eigenvalue weighted by Gasteiger charge is 2.66. The molecule has 0 N–H and O–H groups in total. The van der Waals surface area contributed by atoms with Crippen LogP contribution in [0.25, 0.3) is 11.0 Å². The Morgan fingerprint density at radius 1 is 1.17 bits per heavy atom. The minimum atomic E-state index is -1.80. The number of hydrogen-bond donors (Lipinski definition) is 0. The van der Waals surface area contributed by atoms with Crippen molar-refractivity contribution in [2.45, 2.75) is 18.9 Å². The Labute approximate surface area is 208 Å². The molecule has 10 heteroatoms. The largest absolute Gasteiger partial charge is 0.450 e. The summed E-state index contributed by atoms with van der Waals surface area (Å²) in [6.45, 7) is 5.89. The average molecular weight is 505 g/mol. The van der Waals surface area contributed by atoms with Crippen LogP contribution in [0.2, 0.25) is 5.02 Å². The molecule has 8 nitrogen and oxygen atoms in total. The number of amides is 2. The Morgan fingerprint density at radius 3 is 2.71 bits per heavy atom. The minimum absolute atomic E-state index is 0.0467. The average Bonchev–Trinajstić information content (AvgIpc) is 3.50. The maximum atomic E-state index is 14.3. The monoisotopic (exact) mass is 504 g/mol. The van der Waals surface area contributed by atoms with Crippen LogP contribution in [0.5, 0.6) is 0 Å². The van der Waals surface area contributed by atoms with Gasteiger partial charge in [-0.2, -0.15) is 0 Å². The van der Waals surface area contributed by atoms with Gasteiger partial charge in [0.15, 0.2) is 11.0 Å². The highest BCUT2D eigenvalue weighted by Crippen LogP contribution is 2.54. The number of rotatable bonds is 4. The number of carbonyl (C=O) groups is 2. The molecule has 1 spiro atoms. The fraction of sp³-hybridized carbons (Fsp3) is 0.160. The van der Waals surface area contributed by atoms with E-state index in [0.29, 0.717) is 27.7 Å². The lowest BCUT2D eigenvalue weighted by atomic mass is 9.84. The summed E-state index contributed by atoms with van der Waals surface area (Å²) in [7, 11) is 0. The second-order valence-corrected chi connectivity index (χ2v) is 9.66. The molecule has 0 aliphatic carbocycles. The molecule has 2 amide bonds. The Kier molecular flexibility index (Phi) is 4.71. The number of carbonyl (C=O) groups excluding carboxylic acids is 2. The van der Waals surface area contributed by atoms with Crippen molar-refractivity contribution in [1.82, 2.24) is 10.2 Å². The van der Waals surface area contributed by atoms with E-state index < -0.39 is 22.8 Å². The molecule has 174 valence electrons. The van der Waals surface area contributed by atoms with Crippen LogP contribution in [0.4, 0.5) is 10.8 Å². The van der Waals surface area contributed by atoms with Crippen LogP contribution in [0.3, 0.4) is 0 Å². The van der Waals surface area contributed by atoms with Gasteiger partial charge in [-0.15, -0.1) is 16.8 Å². The van der Waals surface area contributed by atoms with E-state index in [4.69, 9.17) is 16.0 Å². The van der Waals surface area contributed by atoms with Gasteiger partial charge in [0.1, 0.15) is 10.6 Å². The zero-order valence-corrected chi connectivity index (χ0v) is 20.0. The van der Waals surface area contributed by atoms with Crippen molar-refractivity contribution >= 4 is 56.5 Å². The molecule has 4 aromatic rings. The highest BCUT2D eigenvalue weighted by atomic mass is 35.5. The van der Waals surface area contributed by atoms with Crippen LogP contribution in [0.1, 0.15) is 33.6 Å². The molecule has 0 bridgehead atoms. The van der Waals surface area contributed by atoms with Gasteiger partial charge in [-0.1, -0.05) is 54.1 Å². The van der Waals surface area contributed by atoms with E-state index in [1.807, 2.05) is 6.92 Å². The Balaban J connectivity index is 1.77. The normalized spacial score (nSPS) is 18.6. The first-order valence-corrected chi connectivity index (χ1v) is 12.1. The molecule has 4 heterocycles. The summed E-state index contributed by atoms with van der Waals surface area (Å²) in [6, 6.07) is 11.7. The van der Waals surface area contributed by atoms with Gasteiger partial charge >= 0.3 is 0 Å². The van der Waals surface area contributed by atoms with Crippen LogP contribution in [-0.4, -0.2) is 28.6 Å². The molecule has 2 aliphatic heterocycles. The lowest BCUT2D eigenvalue weighted by Crippen LogP contribution is -2.53. The van der Waals surface area contributed by atoms with Gasteiger partial charge in [-0.05, 0) is 30.7 Å². The number of aryl methyl sites for hydroxylation is 1. The molecule has 0 saturated heterocycles. The van der Waals surface area contributed by atoms with Crippen molar-refractivity contribution in [1.29, 1.82) is 0 Å². The Bertz CT molecular complexity index is 1640. The van der Waals surface area contributed by atoms with E-state index >= 15 is 0 Å². The van der Waals surface area contributed by atoms with Gasteiger partial charge < -0.3 is 9.32 Å². The summed E-state index contributed by atoms with van der Waals surface area (Å²) < 4.78 is 6.00. The van der Waals surface area contributed by atoms with E-state index in [1.165, 1.54) is 33.3 Å². The number of aromatic nitrogens is 2. The molecular weight excluding hydrogens is 488 g/mol. The van der Waals surface area contributed by atoms with Crippen LogP contribution in [0, 0.1) is 0 Å². The zero-order chi connectivity index (χ0) is 24.5. The molecule has 6 rings (SSSR count). The number of benzene rings is 2. The summed E-state index contributed by atoms with van der Waals surface area (Å²) in [5.41, 5.74) is -1.07. The summed E-state index contributed by atoms with van der Waals surface area (Å²) in [5.74, 6) is -1.29. The van der Waals surface area contributed by atoms with Crippen molar-refractivity contribution in [3.8, 4) is 0 Å². The molecule has 2 aromatic carbocycles. The molecule has 2 aromatic heterocycles. The standard InChI is InChI=1S/C25H17ClN4O4S/c1-3-11-29-16-8-6-5-7-15(16)25(23(29)33)19-20(31)14-12-13(26)9-10-17(14)34-21(19)22(32)30(25)24-28-27-18(4-2)35-24/h3,5-10,12H,1,4,11H2,2H3. The van der Waals surface area contributed by atoms with Crippen LogP contribution in [-0.2, 0) is 16.8 Å². The minimum Gasteiger partial charge on any atom is -0.450 e. The summed E-state index contributed by atoms with van der Waals surface area (Å²) in [6.07, 6.45) is 2.20. The fourth-order valence-electron chi connectivity index (χ4n) is 4.92. The SMILES string of the molecule is C=CCN1C(=O)C2(c3ccccc31)c1c(oc3ccc(Cl)cc3c1=O)C(=O)N2c1nnc(CC)s1. The van der Waals surface area contributed by atoms with E-state index in [1.54, 1.807) is 36.4 Å². The van der Waals surface area contributed by atoms with Crippen LogP contribution in [0.15, 0.2) is 64.3 Å². The number of anilines is 2. The second kappa shape index (κ2) is 7.59. The summed E-state index contributed by atoms with van der Waals surface area (Å²) in [4.78, 5) is 45.1. The first-order chi connectivity index (χ1) is 16.9. The molecule has 1 unspecified atom stereocenters. The molecule has 0 saturated carbocycles. The molecule has 0 radical (unpaired) electrons. The number of fused-ring (bicyclic) bond motifs is 5. The van der Waals surface area contributed by atoms with E-state index in [-0.39, 0.29) is 34.0 Å². The van der Waals surface area contributed by atoms with E-state index in [9.17, 15) is 14.4 Å². The number of halogens is 1. The third-order valence-electron chi connectivity index (χ3n) is 6.35. The van der Waals surface area contributed by atoms with Crippen molar-refractivity contribution in [2.75, 3.05) is 16.3 Å². The van der Waals surface area contributed by atoms with Gasteiger partial charge in [0.05, 0.1) is 16.6 Å². The first kappa shape index (κ1) is 21.7. The van der Waals surface area contributed by atoms with Crippen LogP contribution >= 0.6 is 22.9 Å². The summed E-state index contributed by atoms with van der Waals surface area (Å²) in [5, 5.41) is 9.82. The predicted octanol–water partition coefficient (Wildman–Crippen LogP) is 4.30. The highest BCUT2D eigenvalue weighted by molar-refractivity contribution is 7.15. The molecule has 35 heavy (non-hydrogen) atoms. The van der Waals surface area contributed by atoms with Gasteiger partial charge in [-0.25, -0.2) is 0 Å². The Hall–Kier alpha value is -3.82. The fourth-order valence-corrected chi connectivity index (χ4v) is 5.93. The molecule has 0 fully saturated rings. The predicted molar refractivity (Wildman–Crippen MR) is 133 cm³/mol. The van der Waals surface area contributed by atoms with Gasteiger partial charge in [0, 0.05) is 17.1 Å². The number of hydrogen-bond acceptors (Lipinski definition) is 7. The lowest BCUT2D eigenvalue weighted by molar-refractivity contribution is -0.121. The number of para-hydroxylation sites is 1. The van der Waals surface area contributed by atoms with E-state index in [0.717, 1.165) is 0 Å². The third kappa shape index (κ3) is 2.70.